The minimum Gasteiger partial charge on any atom is -0.449 e. The zero-order chi connectivity index (χ0) is 9.14. The molecule has 0 aromatic carbocycles. The molecule has 12 heavy (non-hydrogen) atoms. The fourth-order valence-electron chi connectivity index (χ4n) is 1.11. The van der Waals surface area contributed by atoms with Crippen molar-refractivity contribution < 1.29 is 9.41 Å². The summed E-state index contributed by atoms with van der Waals surface area (Å²) < 4.78 is 12.7. The summed E-state index contributed by atoms with van der Waals surface area (Å²) in [5.74, 6) is -0.348. The Hall–Kier alpha value is -0.895. The van der Waals surface area contributed by atoms with Crippen molar-refractivity contribution in [3.63, 3.8) is 0 Å². The molecule has 64 valence electrons. The normalized spacial score (nSPS) is 10.4. The van der Waals surface area contributed by atoms with Gasteiger partial charge in [-0.05, 0) is 17.4 Å². The van der Waals surface area contributed by atoms with E-state index in [1.807, 2.05) is 13.8 Å². The Morgan fingerprint density at radius 3 is 2.67 bits per heavy atom. The van der Waals surface area contributed by atoms with Crippen LogP contribution in [0.15, 0.2) is 12.1 Å². The Kier molecular flexibility index (Phi) is 2.81. The SMILES string of the molecule is CC(C)c1nc(F)ccc1BO. The molecule has 0 saturated carbocycles. The monoisotopic (exact) mass is 167 g/mol. The maximum atomic E-state index is 12.7. The van der Waals surface area contributed by atoms with Crippen LogP contribution in [-0.2, 0) is 0 Å². The highest BCUT2D eigenvalue weighted by molar-refractivity contribution is 6.46. The summed E-state index contributed by atoms with van der Waals surface area (Å²) in [5.41, 5.74) is 1.34. The zero-order valence-electron chi connectivity index (χ0n) is 7.21. The molecule has 0 radical (unpaired) electrons. The highest BCUT2D eigenvalue weighted by atomic mass is 19.1. The van der Waals surface area contributed by atoms with Gasteiger partial charge in [-0.3, -0.25) is 0 Å². The third-order valence-electron chi connectivity index (χ3n) is 1.70. The van der Waals surface area contributed by atoms with E-state index in [-0.39, 0.29) is 13.4 Å². The molecule has 0 amide bonds. The van der Waals surface area contributed by atoms with Gasteiger partial charge in [0.15, 0.2) is 0 Å². The molecule has 2 nitrogen and oxygen atoms in total. The molecule has 1 heterocycles. The molecule has 0 unspecified atom stereocenters. The van der Waals surface area contributed by atoms with Crippen LogP contribution < -0.4 is 5.46 Å². The molecule has 0 aliphatic heterocycles. The quantitative estimate of drug-likeness (QED) is 0.508. The van der Waals surface area contributed by atoms with Gasteiger partial charge in [0.25, 0.3) is 0 Å². The van der Waals surface area contributed by atoms with Gasteiger partial charge in [-0.15, -0.1) is 0 Å². The second kappa shape index (κ2) is 3.67. The highest BCUT2D eigenvalue weighted by Crippen LogP contribution is 2.08. The Balaban J connectivity index is 3.12. The molecule has 0 fully saturated rings. The third-order valence-corrected chi connectivity index (χ3v) is 1.70. The molecule has 0 atom stereocenters. The minimum atomic E-state index is -0.490. The standard InChI is InChI=1S/C8H11BFNO/c1-5(2)8-6(9-12)3-4-7(10)11-8/h3-5,9,12H,1-2H3. The van der Waals surface area contributed by atoms with Crippen LogP contribution in [0.25, 0.3) is 0 Å². The molecule has 4 heteroatoms. The van der Waals surface area contributed by atoms with Crippen LogP contribution in [0.1, 0.15) is 25.5 Å². The number of aromatic nitrogens is 1. The Morgan fingerprint density at radius 2 is 2.17 bits per heavy atom. The predicted molar refractivity (Wildman–Crippen MR) is 47.3 cm³/mol. The molecular formula is C8H11BFNO. The van der Waals surface area contributed by atoms with E-state index < -0.39 is 5.95 Å². The van der Waals surface area contributed by atoms with E-state index in [4.69, 9.17) is 5.02 Å². The molecule has 1 rings (SSSR count). The summed E-state index contributed by atoms with van der Waals surface area (Å²) >= 11 is 0. The van der Waals surface area contributed by atoms with Gasteiger partial charge in [0.1, 0.15) is 0 Å². The van der Waals surface area contributed by atoms with Gasteiger partial charge >= 0.3 is 7.48 Å². The number of hydrogen-bond donors (Lipinski definition) is 1. The largest absolute Gasteiger partial charge is 0.449 e. The molecule has 0 spiro atoms. The first-order chi connectivity index (χ1) is 5.65. The highest BCUT2D eigenvalue weighted by Gasteiger charge is 2.09. The van der Waals surface area contributed by atoms with Gasteiger partial charge in [0.05, 0.1) is 0 Å². The van der Waals surface area contributed by atoms with Crippen molar-refractivity contribution in [3.8, 4) is 0 Å². The molecule has 1 aromatic rings. The lowest BCUT2D eigenvalue weighted by atomic mass is 9.84. The van der Waals surface area contributed by atoms with Gasteiger partial charge < -0.3 is 5.02 Å². The summed E-state index contributed by atoms with van der Waals surface area (Å²) in [4.78, 5) is 3.72. The first kappa shape index (κ1) is 9.19. The predicted octanol–water partition coefficient (Wildman–Crippen LogP) is 0.313. The average molecular weight is 167 g/mol. The first-order valence-corrected chi connectivity index (χ1v) is 3.91. The molecule has 1 N–H and O–H groups in total. The van der Waals surface area contributed by atoms with Gasteiger partial charge in [0.2, 0.25) is 5.95 Å². The smallest absolute Gasteiger partial charge is 0.306 e. The van der Waals surface area contributed by atoms with Crippen LogP contribution in [0.5, 0.6) is 0 Å². The minimum absolute atomic E-state index is 0.0825. The van der Waals surface area contributed by atoms with E-state index in [9.17, 15) is 4.39 Å². The molecule has 0 aliphatic rings. The van der Waals surface area contributed by atoms with Crippen LogP contribution in [0.4, 0.5) is 4.39 Å². The van der Waals surface area contributed by atoms with Crippen molar-refractivity contribution >= 4 is 12.9 Å². The molecular weight excluding hydrogens is 156 g/mol. The lowest BCUT2D eigenvalue weighted by molar-refractivity contribution is 0.571. The van der Waals surface area contributed by atoms with E-state index >= 15 is 0 Å². The van der Waals surface area contributed by atoms with Crippen LogP contribution in [0.3, 0.4) is 0 Å². The maximum Gasteiger partial charge on any atom is 0.306 e. The second-order valence-corrected chi connectivity index (χ2v) is 2.99. The molecule has 0 saturated heterocycles. The van der Waals surface area contributed by atoms with Gasteiger partial charge in [-0.1, -0.05) is 19.9 Å². The Morgan fingerprint density at radius 1 is 1.50 bits per heavy atom. The van der Waals surface area contributed by atoms with Crippen molar-refractivity contribution in [2.75, 3.05) is 0 Å². The van der Waals surface area contributed by atoms with Crippen LogP contribution in [-0.4, -0.2) is 17.5 Å². The van der Waals surface area contributed by atoms with Gasteiger partial charge in [0, 0.05) is 5.69 Å². The van der Waals surface area contributed by atoms with E-state index in [0.29, 0.717) is 11.2 Å². The van der Waals surface area contributed by atoms with Crippen molar-refractivity contribution in [3.05, 3.63) is 23.8 Å². The third kappa shape index (κ3) is 1.82. The fourth-order valence-corrected chi connectivity index (χ4v) is 1.11. The maximum absolute atomic E-state index is 12.7. The average Bonchev–Trinajstić information content (AvgIpc) is 2.04. The number of halogens is 1. The fraction of sp³-hybridized carbons (Fsp3) is 0.375. The Labute approximate surface area is 71.7 Å². The zero-order valence-corrected chi connectivity index (χ0v) is 7.21. The summed E-state index contributed by atoms with van der Waals surface area (Å²) in [7, 11) is -0.0825. The van der Waals surface area contributed by atoms with E-state index in [0.717, 1.165) is 0 Å². The summed E-state index contributed by atoms with van der Waals surface area (Å²) in [6.07, 6.45) is 0. The van der Waals surface area contributed by atoms with Crippen molar-refractivity contribution in [2.45, 2.75) is 19.8 Å². The van der Waals surface area contributed by atoms with Crippen LogP contribution in [0, 0.1) is 5.95 Å². The second-order valence-electron chi connectivity index (χ2n) is 2.99. The number of hydrogen-bond acceptors (Lipinski definition) is 2. The van der Waals surface area contributed by atoms with E-state index in [1.165, 1.54) is 6.07 Å². The molecule has 0 aliphatic carbocycles. The van der Waals surface area contributed by atoms with Crippen molar-refractivity contribution in [1.82, 2.24) is 4.98 Å². The summed E-state index contributed by atoms with van der Waals surface area (Å²) in [6.45, 7) is 3.84. The topological polar surface area (TPSA) is 33.1 Å². The molecule has 0 bridgehead atoms. The van der Waals surface area contributed by atoms with Crippen molar-refractivity contribution in [1.29, 1.82) is 0 Å². The van der Waals surface area contributed by atoms with Crippen molar-refractivity contribution in [2.24, 2.45) is 0 Å². The number of pyridine rings is 1. The van der Waals surface area contributed by atoms with E-state index in [1.54, 1.807) is 6.07 Å². The Bertz CT molecular complexity index is 278. The van der Waals surface area contributed by atoms with Crippen LogP contribution in [0.2, 0.25) is 0 Å². The summed E-state index contributed by atoms with van der Waals surface area (Å²) in [6, 6.07) is 2.83. The lowest BCUT2D eigenvalue weighted by Gasteiger charge is -2.08. The van der Waals surface area contributed by atoms with Gasteiger partial charge in [-0.25, -0.2) is 4.98 Å². The van der Waals surface area contributed by atoms with E-state index in [2.05, 4.69) is 4.98 Å². The molecule has 1 aromatic heterocycles. The number of rotatable bonds is 2. The van der Waals surface area contributed by atoms with Crippen LogP contribution >= 0.6 is 0 Å². The summed E-state index contributed by atoms with van der Waals surface area (Å²) in [5, 5.41) is 8.90. The van der Waals surface area contributed by atoms with Gasteiger partial charge in [-0.2, -0.15) is 4.39 Å². The lowest BCUT2D eigenvalue weighted by Crippen LogP contribution is -2.22. The first-order valence-electron chi connectivity index (χ1n) is 3.91. The number of nitrogens with zero attached hydrogens (tertiary/aromatic N) is 1.